The lowest BCUT2D eigenvalue weighted by atomic mass is 9.97. The largest absolute Gasteiger partial charge is 0.477 e. The summed E-state index contributed by atoms with van der Waals surface area (Å²) in [6.07, 6.45) is 7.58. The van der Waals surface area contributed by atoms with Crippen LogP contribution in [0.4, 0.5) is 0 Å². The van der Waals surface area contributed by atoms with Crippen LogP contribution in [-0.4, -0.2) is 45.5 Å². The number of pyridine rings is 1. The van der Waals surface area contributed by atoms with Gasteiger partial charge in [0, 0.05) is 31.3 Å². The van der Waals surface area contributed by atoms with Gasteiger partial charge in [-0.1, -0.05) is 6.07 Å². The Bertz CT molecular complexity index is 725. The van der Waals surface area contributed by atoms with E-state index in [1.165, 1.54) is 12.8 Å². The maximum Gasteiger partial charge on any atom is 0.272 e. The second-order valence-electron chi connectivity index (χ2n) is 6.82. The molecule has 0 radical (unpaired) electrons. The first-order chi connectivity index (χ1) is 12.3. The Morgan fingerprint density at radius 2 is 1.96 bits per heavy atom. The lowest BCUT2D eigenvalue weighted by Gasteiger charge is -2.31. The predicted octanol–water partition coefficient (Wildman–Crippen LogP) is 2.68. The van der Waals surface area contributed by atoms with Crippen molar-refractivity contribution in [3.63, 3.8) is 0 Å². The van der Waals surface area contributed by atoms with E-state index >= 15 is 0 Å². The van der Waals surface area contributed by atoms with Crippen molar-refractivity contribution in [1.82, 2.24) is 19.9 Å². The van der Waals surface area contributed by atoms with Gasteiger partial charge in [-0.2, -0.15) is 0 Å². The number of hydrogen-bond acceptors (Lipinski definition) is 5. The minimum absolute atomic E-state index is 0.0184. The zero-order valence-corrected chi connectivity index (χ0v) is 14.2. The van der Waals surface area contributed by atoms with Gasteiger partial charge in [0.15, 0.2) is 0 Å². The Hall–Kier alpha value is -2.50. The maximum atomic E-state index is 12.4. The molecule has 25 heavy (non-hydrogen) atoms. The van der Waals surface area contributed by atoms with Crippen LogP contribution in [-0.2, 0) is 0 Å². The predicted molar refractivity (Wildman–Crippen MR) is 92.4 cm³/mol. The molecule has 0 unspecified atom stereocenters. The molecular weight excluding hydrogens is 316 g/mol. The number of hydrogen-bond donors (Lipinski definition) is 0. The van der Waals surface area contributed by atoms with Crippen molar-refractivity contribution in [2.24, 2.45) is 5.92 Å². The van der Waals surface area contributed by atoms with Gasteiger partial charge in [0.05, 0.1) is 12.3 Å². The van der Waals surface area contributed by atoms with E-state index in [2.05, 4.69) is 15.0 Å². The summed E-state index contributed by atoms with van der Waals surface area (Å²) in [6, 6.07) is 7.40. The zero-order chi connectivity index (χ0) is 17.1. The molecule has 0 aromatic carbocycles. The number of ether oxygens (including phenoxy) is 1. The molecule has 4 rings (SSSR count). The molecule has 0 bridgehead atoms. The minimum Gasteiger partial charge on any atom is -0.477 e. The molecule has 0 N–H and O–H groups in total. The van der Waals surface area contributed by atoms with Crippen molar-refractivity contribution >= 4 is 5.91 Å². The fourth-order valence-corrected chi connectivity index (χ4v) is 3.19. The highest BCUT2D eigenvalue weighted by Crippen LogP contribution is 2.39. The van der Waals surface area contributed by atoms with Gasteiger partial charge in [-0.25, -0.2) is 9.97 Å². The van der Waals surface area contributed by atoms with Crippen molar-refractivity contribution in [1.29, 1.82) is 0 Å². The van der Waals surface area contributed by atoms with E-state index in [0.29, 0.717) is 30.0 Å². The Morgan fingerprint density at radius 1 is 1.12 bits per heavy atom. The number of aromatic nitrogens is 3. The Labute approximate surface area is 147 Å². The van der Waals surface area contributed by atoms with E-state index in [0.717, 1.165) is 31.6 Å². The Kier molecular flexibility index (Phi) is 4.59. The standard InChI is InChI=1S/C19H22N4O2/c24-19(16-3-1-2-8-20-16)23-9-6-14(7-10-23)12-25-18-11-17(15-4-5-15)21-13-22-18/h1-3,8,11,13-15H,4-7,9-10,12H2. The molecule has 1 aliphatic carbocycles. The molecule has 6 nitrogen and oxygen atoms in total. The first kappa shape index (κ1) is 16.0. The summed E-state index contributed by atoms with van der Waals surface area (Å²) >= 11 is 0. The van der Waals surface area contributed by atoms with Crippen LogP contribution in [0, 0.1) is 5.92 Å². The second-order valence-corrected chi connectivity index (χ2v) is 6.82. The Morgan fingerprint density at radius 3 is 2.68 bits per heavy atom. The van der Waals surface area contributed by atoms with Gasteiger partial charge in [-0.05, 0) is 43.7 Å². The monoisotopic (exact) mass is 338 g/mol. The zero-order valence-electron chi connectivity index (χ0n) is 14.2. The van der Waals surface area contributed by atoms with E-state index in [1.807, 2.05) is 23.1 Å². The summed E-state index contributed by atoms with van der Waals surface area (Å²) in [4.78, 5) is 27.0. The topological polar surface area (TPSA) is 68.2 Å². The quantitative estimate of drug-likeness (QED) is 0.838. The average Bonchev–Trinajstić information content (AvgIpc) is 3.52. The Balaban J connectivity index is 1.26. The third-order valence-electron chi connectivity index (χ3n) is 4.91. The van der Waals surface area contributed by atoms with E-state index in [-0.39, 0.29) is 5.91 Å². The van der Waals surface area contributed by atoms with Gasteiger partial charge in [0.25, 0.3) is 5.91 Å². The fourth-order valence-electron chi connectivity index (χ4n) is 3.19. The summed E-state index contributed by atoms with van der Waals surface area (Å²) in [5.74, 6) is 1.74. The van der Waals surface area contributed by atoms with Crippen molar-refractivity contribution in [2.75, 3.05) is 19.7 Å². The number of nitrogens with zero attached hydrogens (tertiary/aromatic N) is 4. The summed E-state index contributed by atoms with van der Waals surface area (Å²) in [7, 11) is 0. The smallest absolute Gasteiger partial charge is 0.272 e. The van der Waals surface area contributed by atoms with Crippen molar-refractivity contribution < 1.29 is 9.53 Å². The average molecular weight is 338 g/mol. The van der Waals surface area contributed by atoms with Gasteiger partial charge in [0.2, 0.25) is 5.88 Å². The van der Waals surface area contributed by atoms with E-state index < -0.39 is 0 Å². The van der Waals surface area contributed by atoms with Crippen molar-refractivity contribution in [2.45, 2.75) is 31.6 Å². The summed E-state index contributed by atoms with van der Waals surface area (Å²) in [5.41, 5.74) is 1.62. The lowest BCUT2D eigenvalue weighted by molar-refractivity contribution is 0.0653. The van der Waals surface area contributed by atoms with Gasteiger partial charge in [0.1, 0.15) is 12.0 Å². The second kappa shape index (κ2) is 7.17. The highest BCUT2D eigenvalue weighted by molar-refractivity contribution is 5.92. The summed E-state index contributed by atoms with van der Waals surface area (Å²) in [5, 5.41) is 0. The third-order valence-corrected chi connectivity index (χ3v) is 4.91. The van der Waals surface area contributed by atoms with Crippen LogP contribution in [0.3, 0.4) is 0 Å². The molecule has 130 valence electrons. The lowest BCUT2D eigenvalue weighted by Crippen LogP contribution is -2.40. The maximum absolute atomic E-state index is 12.4. The van der Waals surface area contributed by atoms with Gasteiger partial charge < -0.3 is 9.64 Å². The SMILES string of the molecule is O=C(c1ccccn1)N1CCC(COc2cc(C3CC3)ncn2)CC1. The summed E-state index contributed by atoms with van der Waals surface area (Å²) < 4.78 is 5.88. The highest BCUT2D eigenvalue weighted by Gasteiger charge is 2.26. The molecule has 1 saturated carbocycles. The van der Waals surface area contributed by atoms with E-state index in [9.17, 15) is 4.79 Å². The first-order valence-electron chi connectivity index (χ1n) is 8.94. The number of amides is 1. The van der Waals surface area contributed by atoms with Crippen LogP contribution in [0.2, 0.25) is 0 Å². The third kappa shape index (κ3) is 3.95. The molecule has 2 aromatic heterocycles. The van der Waals surface area contributed by atoms with Crippen LogP contribution >= 0.6 is 0 Å². The highest BCUT2D eigenvalue weighted by atomic mass is 16.5. The number of piperidine rings is 1. The van der Waals surface area contributed by atoms with E-state index in [4.69, 9.17) is 4.74 Å². The first-order valence-corrected chi connectivity index (χ1v) is 8.94. The fraction of sp³-hybridized carbons (Fsp3) is 0.474. The van der Waals surface area contributed by atoms with Crippen LogP contribution < -0.4 is 4.74 Å². The van der Waals surface area contributed by atoms with Crippen LogP contribution in [0.25, 0.3) is 0 Å². The van der Waals surface area contributed by atoms with Gasteiger partial charge in [-0.15, -0.1) is 0 Å². The molecule has 1 amide bonds. The van der Waals surface area contributed by atoms with E-state index in [1.54, 1.807) is 18.6 Å². The van der Waals surface area contributed by atoms with Crippen LogP contribution in [0.15, 0.2) is 36.8 Å². The molecule has 6 heteroatoms. The van der Waals surface area contributed by atoms with Gasteiger partial charge in [-0.3, -0.25) is 9.78 Å². The normalized spacial score (nSPS) is 18.2. The minimum atomic E-state index is 0.0184. The number of carbonyl (C=O) groups is 1. The molecule has 2 aliphatic rings. The van der Waals surface area contributed by atoms with Crippen LogP contribution in [0.5, 0.6) is 5.88 Å². The van der Waals surface area contributed by atoms with Gasteiger partial charge >= 0.3 is 0 Å². The molecule has 0 atom stereocenters. The molecule has 1 aliphatic heterocycles. The molecule has 1 saturated heterocycles. The molecule has 2 fully saturated rings. The molecule has 0 spiro atoms. The summed E-state index contributed by atoms with van der Waals surface area (Å²) in [6.45, 7) is 2.15. The molecular formula is C19H22N4O2. The van der Waals surface area contributed by atoms with Crippen molar-refractivity contribution in [3.05, 3.63) is 48.2 Å². The van der Waals surface area contributed by atoms with Crippen molar-refractivity contribution in [3.8, 4) is 5.88 Å². The molecule has 2 aromatic rings. The number of likely N-dealkylation sites (tertiary alicyclic amines) is 1. The van der Waals surface area contributed by atoms with Crippen LogP contribution in [0.1, 0.15) is 47.8 Å². The molecule has 3 heterocycles. The number of rotatable bonds is 5. The number of carbonyl (C=O) groups excluding carboxylic acids is 1.